The molecule has 2 N–H and O–H groups in total. The SMILES string of the molecule is CCCCCCC(=O)OCCOCCNC(=O)COCC(=O)O. The van der Waals surface area contributed by atoms with Crippen LogP contribution in [0.25, 0.3) is 0 Å². The van der Waals surface area contributed by atoms with Crippen LogP contribution in [0.3, 0.4) is 0 Å². The van der Waals surface area contributed by atoms with Crippen molar-refractivity contribution >= 4 is 17.8 Å². The Balaban J connectivity index is 3.30. The smallest absolute Gasteiger partial charge is 0.329 e. The number of rotatable bonds is 15. The van der Waals surface area contributed by atoms with E-state index in [1.165, 1.54) is 0 Å². The molecule has 0 aliphatic carbocycles. The molecule has 0 unspecified atom stereocenters. The lowest BCUT2D eigenvalue weighted by atomic mass is 10.2. The molecular weight excluding hydrogens is 306 g/mol. The van der Waals surface area contributed by atoms with Crippen molar-refractivity contribution in [3.8, 4) is 0 Å². The second kappa shape index (κ2) is 15.2. The van der Waals surface area contributed by atoms with Gasteiger partial charge in [0, 0.05) is 13.0 Å². The van der Waals surface area contributed by atoms with Gasteiger partial charge >= 0.3 is 11.9 Å². The molecule has 0 saturated carbocycles. The molecule has 0 rings (SSSR count). The molecule has 8 heteroatoms. The summed E-state index contributed by atoms with van der Waals surface area (Å²) in [5.74, 6) is -1.75. The normalized spacial score (nSPS) is 10.3. The van der Waals surface area contributed by atoms with E-state index in [4.69, 9.17) is 14.6 Å². The second-order valence-corrected chi connectivity index (χ2v) is 4.88. The monoisotopic (exact) mass is 333 g/mol. The van der Waals surface area contributed by atoms with Gasteiger partial charge in [0.1, 0.15) is 19.8 Å². The minimum atomic E-state index is -1.12. The molecule has 0 heterocycles. The molecule has 0 saturated heterocycles. The minimum Gasteiger partial charge on any atom is -0.480 e. The molecule has 0 aromatic heterocycles. The first-order chi connectivity index (χ1) is 11.1. The number of carboxylic acids is 1. The van der Waals surface area contributed by atoms with Crippen molar-refractivity contribution in [2.75, 3.05) is 39.6 Å². The summed E-state index contributed by atoms with van der Waals surface area (Å²) in [6, 6.07) is 0. The van der Waals surface area contributed by atoms with E-state index in [1.807, 2.05) is 0 Å². The van der Waals surface area contributed by atoms with E-state index in [2.05, 4.69) is 17.0 Å². The fraction of sp³-hybridized carbons (Fsp3) is 0.800. The van der Waals surface area contributed by atoms with Gasteiger partial charge in [-0.05, 0) is 6.42 Å². The van der Waals surface area contributed by atoms with Gasteiger partial charge < -0.3 is 24.6 Å². The zero-order chi connectivity index (χ0) is 17.3. The Morgan fingerprint density at radius 3 is 2.43 bits per heavy atom. The van der Waals surface area contributed by atoms with E-state index < -0.39 is 18.5 Å². The molecule has 0 radical (unpaired) electrons. The van der Waals surface area contributed by atoms with Crippen LogP contribution in [-0.4, -0.2) is 62.5 Å². The van der Waals surface area contributed by atoms with Gasteiger partial charge in [0.2, 0.25) is 5.91 Å². The number of unbranched alkanes of at least 4 members (excludes halogenated alkanes) is 3. The summed E-state index contributed by atoms with van der Waals surface area (Å²) in [4.78, 5) is 32.7. The lowest BCUT2D eigenvalue weighted by Gasteiger charge is -2.07. The Hall–Kier alpha value is -1.67. The van der Waals surface area contributed by atoms with Gasteiger partial charge in [-0.25, -0.2) is 4.79 Å². The molecule has 0 aliphatic rings. The molecule has 0 aromatic carbocycles. The van der Waals surface area contributed by atoms with Crippen LogP contribution >= 0.6 is 0 Å². The summed E-state index contributed by atoms with van der Waals surface area (Å²) < 4.78 is 14.8. The van der Waals surface area contributed by atoms with Crippen LogP contribution < -0.4 is 5.32 Å². The van der Waals surface area contributed by atoms with E-state index in [0.717, 1.165) is 25.7 Å². The average molecular weight is 333 g/mol. The van der Waals surface area contributed by atoms with E-state index >= 15 is 0 Å². The summed E-state index contributed by atoms with van der Waals surface area (Å²) in [5.41, 5.74) is 0. The molecule has 0 atom stereocenters. The quantitative estimate of drug-likeness (QED) is 0.336. The van der Waals surface area contributed by atoms with Gasteiger partial charge in [-0.15, -0.1) is 0 Å². The van der Waals surface area contributed by atoms with Gasteiger partial charge in [-0.2, -0.15) is 0 Å². The van der Waals surface area contributed by atoms with Crippen molar-refractivity contribution in [2.45, 2.75) is 39.0 Å². The fourth-order valence-electron chi connectivity index (χ4n) is 1.63. The number of carbonyl (C=O) groups is 3. The van der Waals surface area contributed by atoms with Crippen LogP contribution in [-0.2, 0) is 28.6 Å². The van der Waals surface area contributed by atoms with Gasteiger partial charge in [0.25, 0.3) is 0 Å². The van der Waals surface area contributed by atoms with Crippen molar-refractivity contribution in [2.24, 2.45) is 0 Å². The predicted octanol–water partition coefficient (Wildman–Crippen LogP) is 0.734. The number of carbonyl (C=O) groups excluding carboxylic acids is 2. The molecule has 0 spiro atoms. The van der Waals surface area contributed by atoms with Gasteiger partial charge in [0.05, 0.1) is 13.2 Å². The molecule has 134 valence electrons. The Bertz CT molecular complexity index is 347. The third kappa shape index (κ3) is 16.5. The highest BCUT2D eigenvalue weighted by Crippen LogP contribution is 2.03. The Morgan fingerprint density at radius 1 is 0.957 bits per heavy atom. The average Bonchev–Trinajstić information content (AvgIpc) is 2.50. The summed E-state index contributed by atoms with van der Waals surface area (Å²) in [6.45, 7) is 2.32. The maximum atomic E-state index is 11.3. The van der Waals surface area contributed by atoms with Crippen LogP contribution in [0.4, 0.5) is 0 Å². The first kappa shape index (κ1) is 21.3. The summed E-state index contributed by atoms with van der Waals surface area (Å²) in [7, 11) is 0. The van der Waals surface area contributed by atoms with Crippen LogP contribution in [0.15, 0.2) is 0 Å². The summed E-state index contributed by atoms with van der Waals surface area (Å²) in [5, 5.41) is 10.8. The van der Waals surface area contributed by atoms with E-state index in [9.17, 15) is 14.4 Å². The molecular formula is C15H27NO7. The number of nitrogens with one attached hydrogen (secondary N) is 1. The van der Waals surface area contributed by atoms with Gasteiger partial charge in [-0.1, -0.05) is 26.2 Å². The first-order valence-electron chi connectivity index (χ1n) is 7.85. The molecule has 1 amide bonds. The van der Waals surface area contributed by atoms with Crippen molar-refractivity contribution < 1.29 is 33.7 Å². The van der Waals surface area contributed by atoms with Crippen LogP contribution in [0.5, 0.6) is 0 Å². The number of ether oxygens (including phenoxy) is 3. The fourth-order valence-corrected chi connectivity index (χ4v) is 1.63. The third-order valence-corrected chi connectivity index (χ3v) is 2.75. The van der Waals surface area contributed by atoms with Crippen molar-refractivity contribution in [3.05, 3.63) is 0 Å². The molecule has 0 aromatic rings. The minimum absolute atomic E-state index is 0.197. The summed E-state index contributed by atoms with van der Waals surface area (Å²) in [6.07, 6.45) is 4.59. The second-order valence-electron chi connectivity index (χ2n) is 4.88. The Morgan fingerprint density at radius 2 is 1.74 bits per heavy atom. The topological polar surface area (TPSA) is 111 Å². The van der Waals surface area contributed by atoms with E-state index in [-0.39, 0.29) is 38.9 Å². The van der Waals surface area contributed by atoms with Crippen molar-refractivity contribution in [3.63, 3.8) is 0 Å². The lowest BCUT2D eigenvalue weighted by Crippen LogP contribution is -2.31. The number of amides is 1. The van der Waals surface area contributed by atoms with Crippen LogP contribution in [0.2, 0.25) is 0 Å². The molecule has 0 aliphatic heterocycles. The number of hydrogen-bond donors (Lipinski definition) is 2. The van der Waals surface area contributed by atoms with Crippen LogP contribution in [0, 0.1) is 0 Å². The largest absolute Gasteiger partial charge is 0.480 e. The standard InChI is InChI=1S/C15H27NO7/c1-2-3-4-5-6-15(20)23-10-9-21-8-7-16-13(17)11-22-12-14(18)19/h2-12H2,1H3,(H,16,17)(H,18,19). The molecule has 0 bridgehead atoms. The maximum Gasteiger partial charge on any atom is 0.329 e. The highest BCUT2D eigenvalue weighted by atomic mass is 16.6. The highest BCUT2D eigenvalue weighted by Gasteiger charge is 2.04. The Labute approximate surface area is 136 Å². The Kier molecular flexibility index (Phi) is 14.1. The zero-order valence-electron chi connectivity index (χ0n) is 13.7. The van der Waals surface area contributed by atoms with Gasteiger partial charge in [-0.3, -0.25) is 9.59 Å². The van der Waals surface area contributed by atoms with Crippen molar-refractivity contribution in [1.82, 2.24) is 5.32 Å². The maximum absolute atomic E-state index is 11.3. The van der Waals surface area contributed by atoms with Gasteiger partial charge in [0.15, 0.2) is 0 Å². The molecule has 0 fully saturated rings. The van der Waals surface area contributed by atoms with E-state index in [0.29, 0.717) is 6.42 Å². The molecule has 23 heavy (non-hydrogen) atoms. The predicted molar refractivity (Wildman–Crippen MR) is 82.0 cm³/mol. The van der Waals surface area contributed by atoms with Crippen molar-refractivity contribution in [1.29, 1.82) is 0 Å². The van der Waals surface area contributed by atoms with E-state index in [1.54, 1.807) is 0 Å². The first-order valence-corrected chi connectivity index (χ1v) is 7.85. The lowest BCUT2D eigenvalue weighted by molar-refractivity contribution is -0.145. The number of esters is 1. The molecule has 8 nitrogen and oxygen atoms in total. The summed E-state index contributed by atoms with van der Waals surface area (Å²) >= 11 is 0. The third-order valence-electron chi connectivity index (χ3n) is 2.75. The number of aliphatic carboxylic acids is 1. The highest BCUT2D eigenvalue weighted by molar-refractivity contribution is 5.77. The number of carboxylic acid groups (broad SMARTS) is 1. The van der Waals surface area contributed by atoms with Crippen LogP contribution in [0.1, 0.15) is 39.0 Å². The number of hydrogen-bond acceptors (Lipinski definition) is 6. The zero-order valence-corrected chi connectivity index (χ0v) is 13.7.